The molecule has 5 heteroatoms. The lowest BCUT2D eigenvalue weighted by molar-refractivity contribution is -0.138. The number of benzene rings is 1. The monoisotopic (exact) mass is 291 g/mol. The van der Waals surface area contributed by atoms with E-state index in [0.717, 1.165) is 31.2 Å². The van der Waals surface area contributed by atoms with Gasteiger partial charge in [0.05, 0.1) is 5.56 Å². The van der Waals surface area contributed by atoms with E-state index < -0.39 is 11.7 Å². The molecule has 0 heterocycles. The Morgan fingerprint density at radius 2 is 1.89 bits per heavy atom. The second-order valence-electron chi connectivity index (χ2n) is 4.46. The van der Waals surface area contributed by atoms with Gasteiger partial charge in [-0.1, -0.05) is 18.2 Å². The number of thioether (sulfide) groups is 1. The molecule has 1 N–H and O–H groups in total. The fourth-order valence-electron chi connectivity index (χ4n) is 1.93. The number of halogens is 3. The standard InChI is InChI=1S/C14H20F3NS/c1-11(18-9-5-6-10-19-2)12-7-3-4-8-13(12)14(15,16)17/h3-4,7-8,11,18H,5-6,9-10H2,1-2H3. The molecule has 19 heavy (non-hydrogen) atoms. The second-order valence-corrected chi connectivity index (χ2v) is 5.45. The van der Waals surface area contributed by atoms with Crippen LogP contribution in [0.25, 0.3) is 0 Å². The van der Waals surface area contributed by atoms with Crippen molar-refractivity contribution in [2.75, 3.05) is 18.6 Å². The molecule has 0 amide bonds. The second kappa shape index (κ2) is 7.80. The third-order valence-corrected chi connectivity index (χ3v) is 3.66. The molecule has 0 spiro atoms. The van der Waals surface area contributed by atoms with Crippen LogP contribution in [0.5, 0.6) is 0 Å². The summed E-state index contributed by atoms with van der Waals surface area (Å²) in [4.78, 5) is 0. The maximum absolute atomic E-state index is 12.9. The average Bonchev–Trinajstić information content (AvgIpc) is 2.37. The van der Waals surface area contributed by atoms with Gasteiger partial charge in [-0.15, -0.1) is 0 Å². The first-order chi connectivity index (χ1) is 8.96. The van der Waals surface area contributed by atoms with Crippen molar-refractivity contribution in [3.8, 4) is 0 Å². The van der Waals surface area contributed by atoms with Gasteiger partial charge in [-0.2, -0.15) is 24.9 Å². The number of alkyl halides is 3. The number of hydrogen-bond acceptors (Lipinski definition) is 2. The molecule has 0 bridgehead atoms. The Morgan fingerprint density at radius 1 is 1.21 bits per heavy atom. The molecule has 0 saturated carbocycles. The maximum atomic E-state index is 12.9. The molecule has 1 atom stereocenters. The zero-order valence-electron chi connectivity index (χ0n) is 11.3. The summed E-state index contributed by atoms with van der Waals surface area (Å²) in [7, 11) is 0. The minimum absolute atomic E-state index is 0.285. The molecule has 0 aliphatic heterocycles. The summed E-state index contributed by atoms with van der Waals surface area (Å²) in [6, 6.07) is 5.48. The molecule has 1 unspecified atom stereocenters. The van der Waals surface area contributed by atoms with Crippen molar-refractivity contribution >= 4 is 11.8 Å². The summed E-state index contributed by atoms with van der Waals surface area (Å²) in [6.45, 7) is 2.52. The van der Waals surface area contributed by atoms with Crippen LogP contribution in [0.1, 0.15) is 36.9 Å². The predicted molar refractivity (Wildman–Crippen MR) is 75.5 cm³/mol. The lowest BCUT2D eigenvalue weighted by atomic mass is 10.0. The van der Waals surface area contributed by atoms with E-state index in [4.69, 9.17) is 0 Å². The zero-order valence-corrected chi connectivity index (χ0v) is 12.1. The first kappa shape index (κ1) is 16.4. The van der Waals surface area contributed by atoms with Gasteiger partial charge in [0.25, 0.3) is 0 Å². The van der Waals surface area contributed by atoms with Crippen LogP contribution in [-0.4, -0.2) is 18.6 Å². The van der Waals surface area contributed by atoms with Gasteiger partial charge in [-0.25, -0.2) is 0 Å². The van der Waals surface area contributed by atoms with Crippen LogP contribution in [-0.2, 0) is 6.18 Å². The van der Waals surface area contributed by atoms with Crippen molar-refractivity contribution < 1.29 is 13.2 Å². The van der Waals surface area contributed by atoms with Crippen LogP contribution in [0.4, 0.5) is 13.2 Å². The Kier molecular flexibility index (Phi) is 6.72. The zero-order chi connectivity index (χ0) is 14.3. The molecule has 0 saturated heterocycles. The van der Waals surface area contributed by atoms with E-state index in [1.165, 1.54) is 6.07 Å². The van der Waals surface area contributed by atoms with Crippen molar-refractivity contribution in [2.45, 2.75) is 32.0 Å². The van der Waals surface area contributed by atoms with E-state index in [0.29, 0.717) is 5.56 Å². The Labute approximate surface area is 117 Å². The van der Waals surface area contributed by atoms with Gasteiger partial charge in [-0.3, -0.25) is 0 Å². The van der Waals surface area contributed by atoms with E-state index in [1.807, 2.05) is 0 Å². The number of hydrogen-bond donors (Lipinski definition) is 1. The predicted octanol–water partition coefficient (Wildman–Crippen LogP) is 4.50. The molecule has 0 aliphatic carbocycles. The van der Waals surface area contributed by atoms with Crippen molar-refractivity contribution in [1.82, 2.24) is 5.32 Å². The highest BCUT2D eigenvalue weighted by atomic mass is 32.2. The quantitative estimate of drug-likeness (QED) is 0.742. The van der Waals surface area contributed by atoms with Gasteiger partial charge in [0, 0.05) is 6.04 Å². The Bertz CT molecular complexity index is 379. The summed E-state index contributed by atoms with van der Waals surface area (Å²) in [5.74, 6) is 1.09. The maximum Gasteiger partial charge on any atom is 0.416 e. The van der Waals surface area contributed by atoms with Gasteiger partial charge in [0.2, 0.25) is 0 Å². The van der Waals surface area contributed by atoms with Crippen molar-refractivity contribution in [2.24, 2.45) is 0 Å². The van der Waals surface area contributed by atoms with Crippen LogP contribution in [0.15, 0.2) is 24.3 Å². The van der Waals surface area contributed by atoms with Gasteiger partial charge < -0.3 is 5.32 Å². The third-order valence-electron chi connectivity index (χ3n) is 2.96. The normalized spacial score (nSPS) is 13.5. The molecule has 1 aromatic rings. The fourth-order valence-corrected chi connectivity index (χ4v) is 2.43. The lowest BCUT2D eigenvalue weighted by Gasteiger charge is -2.19. The van der Waals surface area contributed by atoms with Crippen molar-refractivity contribution in [3.05, 3.63) is 35.4 Å². The lowest BCUT2D eigenvalue weighted by Crippen LogP contribution is -2.23. The molecular formula is C14H20F3NS. The van der Waals surface area contributed by atoms with E-state index >= 15 is 0 Å². The van der Waals surface area contributed by atoms with E-state index in [2.05, 4.69) is 11.6 Å². The first-order valence-electron chi connectivity index (χ1n) is 6.35. The SMILES string of the molecule is CSCCCCNC(C)c1ccccc1C(F)(F)F. The topological polar surface area (TPSA) is 12.0 Å². The molecule has 0 fully saturated rings. The number of unbranched alkanes of at least 4 members (excludes halogenated alkanes) is 1. The van der Waals surface area contributed by atoms with E-state index in [1.54, 1.807) is 30.8 Å². The van der Waals surface area contributed by atoms with Gasteiger partial charge in [-0.05, 0) is 49.9 Å². The molecule has 0 radical (unpaired) electrons. The Morgan fingerprint density at radius 3 is 2.53 bits per heavy atom. The third kappa shape index (κ3) is 5.45. The highest BCUT2D eigenvalue weighted by molar-refractivity contribution is 7.98. The largest absolute Gasteiger partial charge is 0.416 e. The van der Waals surface area contributed by atoms with E-state index in [9.17, 15) is 13.2 Å². The Balaban J connectivity index is 2.59. The summed E-state index contributed by atoms with van der Waals surface area (Å²) >= 11 is 1.79. The smallest absolute Gasteiger partial charge is 0.310 e. The first-order valence-corrected chi connectivity index (χ1v) is 7.74. The molecule has 0 aliphatic rings. The van der Waals surface area contributed by atoms with Gasteiger partial charge >= 0.3 is 6.18 Å². The molecule has 1 rings (SSSR count). The summed E-state index contributed by atoms with van der Waals surface area (Å²) in [6.07, 6.45) is -0.165. The Hall–Kier alpha value is -0.680. The van der Waals surface area contributed by atoms with Gasteiger partial charge in [0.1, 0.15) is 0 Å². The van der Waals surface area contributed by atoms with Crippen LogP contribution in [0, 0.1) is 0 Å². The van der Waals surface area contributed by atoms with E-state index in [-0.39, 0.29) is 6.04 Å². The van der Waals surface area contributed by atoms with Crippen LogP contribution < -0.4 is 5.32 Å². The van der Waals surface area contributed by atoms with Crippen LogP contribution in [0.2, 0.25) is 0 Å². The highest BCUT2D eigenvalue weighted by Crippen LogP contribution is 2.34. The van der Waals surface area contributed by atoms with Crippen molar-refractivity contribution in [1.29, 1.82) is 0 Å². The average molecular weight is 291 g/mol. The highest BCUT2D eigenvalue weighted by Gasteiger charge is 2.33. The summed E-state index contributed by atoms with van der Waals surface area (Å²) in [5.41, 5.74) is -0.223. The summed E-state index contributed by atoms with van der Waals surface area (Å²) in [5, 5.41) is 3.16. The number of nitrogens with one attached hydrogen (secondary N) is 1. The minimum Gasteiger partial charge on any atom is -0.310 e. The van der Waals surface area contributed by atoms with Gasteiger partial charge in [0.15, 0.2) is 0 Å². The fraction of sp³-hybridized carbons (Fsp3) is 0.571. The number of rotatable bonds is 7. The molecular weight excluding hydrogens is 271 g/mol. The van der Waals surface area contributed by atoms with Crippen molar-refractivity contribution in [3.63, 3.8) is 0 Å². The van der Waals surface area contributed by atoms with Crippen LogP contribution in [0.3, 0.4) is 0 Å². The summed E-state index contributed by atoms with van der Waals surface area (Å²) < 4.78 is 38.6. The molecule has 108 valence electrons. The molecule has 1 aromatic carbocycles. The molecule has 0 aromatic heterocycles. The minimum atomic E-state index is -4.29. The van der Waals surface area contributed by atoms with Crippen LogP contribution >= 0.6 is 11.8 Å². The molecule has 1 nitrogen and oxygen atoms in total.